The van der Waals surface area contributed by atoms with Crippen LogP contribution < -0.4 is 15.8 Å². The van der Waals surface area contributed by atoms with E-state index in [4.69, 9.17) is 10.5 Å². The number of hydrogen-bond acceptors (Lipinski definition) is 5. The van der Waals surface area contributed by atoms with Gasteiger partial charge in [-0.1, -0.05) is 40.2 Å². The molecule has 2 heterocycles. The van der Waals surface area contributed by atoms with Crippen molar-refractivity contribution >= 4 is 27.8 Å². The summed E-state index contributed by atoms with van der Waals surface area (Å²) in [5, 5.41) is 7.85. The van der Waals surface area contributed by atoms with Gasteiger partial charge in [-0.3, -0.25) is 0 Å². The van der Waals surface area contributed by atoms with Gasteiger partial charge in [0, 0.05) is 4.47 Å². The lowest BCUT2D eigenvalue weighted by Crippen LogP contribution is -2.28. The van der Waals surface area contributed by atoms with Crippen molar-refractivity contribution in [1.29, 1.82) is 0 Å². The third-order valence-electron chi connectivity index (χ3n) is 4.53. The van der Waals surface area contributed by atoms with E-state index in [9.17, 15) is 0 Å². The van der Waals surface area contributed by atoms with Crippen LogP contribution in [0.5, 0.6) is 5.75 Å². The van der Waals surface area contributed by atoms with E-state index in [-0.39, 0.29) is 18.0 Å². The van der Waals surface area contributed by atoms with Crippen molar-refractivity contribution in [1.82, 2.24) is 14.8 Å². The molecule has 0 spiro atoms. The number of nitrogens with zero attached hydrogens (tertiary/aromatic N) is 3. The molecule has 26 heavy (non-hydrogen) atoms. The fourth-order valence-corrected chi connectivity index (χ4v) is 3.78. The quantitative estimate of drug-likeness (QED) is 0.670. The van der Waals surface area contributed by atoms with E-state index >= 15 is 0 Å². The maximum atomic E-state index is 5.86. The molecular formula is C19H20BrN5O. The Hall–Kier alpha value is -2.54. The predicted molar refractivity (Wildman–Crippen MR) is 105 cm³/mol. The third kappa shape index (κ3) is 3.26. The van der Waals surface area contributed by atoms with Gasteiger partial charge < -0.3 is 15.8 Å². The first-order valence-corrected chi connectivity index (χ1v) is 9.40. The lowest BCUT2D eigenvalue weighted by Gasteiger charge is -2.31. The molecule has 1 aliphatic heterocycles. The van der Waals surface area contributed by atoms with Crippen molar-refractivity contribution in [2.24, 2.45) is 0 Å². The van der Waals surface area contributed by atoms with E-state index in [2.05, 4.69) is 55.6 Å². The smallest absolute Gasteiger partial charge is 0.241 e. The standard InChI is InChI=1S/C19H20BrN5O/c1-2-26-15-8-6-12(7-9-15)16-11-17(13-4-3-5-14(20)10-13)25-19(22-16)23-18(21)24-25/h3-10,16-17H,2,11H2,1H3,(H3,21,22,23,24)/t16-,17-/m0/s1. The Kier molecular flexibility index (Phi) is 4.55. The Morgan fingerprint density at radius 3 is 2.77 bits per heavy atom. The largest absolute Gasteiger partial charge is 0.494 e. The van der Waals surface area contributed by atoms with Crippen LogP contribution in [-0.2, 0) is 0 Å². The topological polar surface area (TPSA) is 78.0 Å². The predicted octanol–water partition coefficient (Wildman–Crippen LogP) is 4.17. The van der Waals surface area contributed by atoms with Crippen molar-refractivity contribution in [2.75, 3.05) is 17.7 Å². The number of halogens is 1. The van der Waals surface area contributed by atoms with Gasteiger partial charge in [-0.15, -0.1) is 5.10 Å². The number of nitrogens with two attached hydrogens (primary N) is 1. The van der Waals surface area contributed by atoms with Gasteiger partial charge in [-0.05, 0) is 48.7 Å². The highest BCUT2D eigenvalue weighted by atomic mass is 79.9. The molecule has 0 fully saturated rings. The van der Waals surface area contributed by atoms with Gasteiger partial charge in [0.2, 0.25) is 11.9 Å². The molecule has 2 atom stereocenters. The molecule has 0 radical (unpaired) electrons. The minimum Gasteiger partial charge on any atom is -0.494 e. The van der Waals surface area contributed by atoms with Gasteiger partial charge in [0.15, 0.2) is 0 Å². The summed E-state index contributed by atoms with van der Waals surface area (Å²) in [4.78, 5) is 4.35. The van der Waals surface area contributed by atoms with E-state index in [0.29, 0.717) is 12.6 Å². The summed E-state index contributed by atoms with van der Waals surface area (Å²) in [6.07, 6.45) is 0.847. The van der Waals surface area contributed by atoms with Crippen LogP contribution in [0.1, 0.15) is 36.6 Å². The Bertz CT molecular complexity index is 909. The SMILES string of the molecule is CCOc1ccc([C@@H]2C[C@@H](c3cccc(Br)c3)n3nc(N)nc3N2)cc1. The van der Waals surface area contributed by atoms with Crippen LogP contribution >= 0.6 is 15.9 Å². The summed E-state index contributed by atoms with van der Waals surface area (Å²) >= 11 is 3.56. The minimum atomic E-state index is 0.0603. The molecule has 4 rings (SSSR count). The van der Waals surface area contributed by atoms with E-state index in [1.807, 2.05) is 35.9 Å². The van der Waals surface area contributed by atoms with Crippen molar-refractivity contribution < 1.29 is 4.74 Å². The van der Waals surface area contributed by atoms with Crippen molar-refractivity contribution in [3.8, 4) is 5.75 Å². The van der Waals surface area contributed by atoms with Gasteiger partial charge in [0.1, 0.15) is 5.75 Å². The first-order valence-electron chi connectivity index (χ1n) is 8.61. The molecule has 0 amide bonds. The Labute approximate surface area is 160 Å². The van der Waals surface area contributed by atoms with E-state index < -0.39 is 0 Å². The second kappa shape index (κ2) is 6.99. The molecule has 0 saturated carbocycles. The third-order valence-corrected chi connectivity index (χ3v) is 5.03. The molecule has 0 unspecified atom stereocenters. The van der Waals surface area contributed by atoms with Crippen LogP contribution in [0, 0.1) is 0 Å². The van der Waals surface area contributed by atoms with Crippen LogP contribution in [0.4, 0.5) is 11.9 Å². The van der Waals surface area contributed by atoms with Crippen LogP contribution in [-0.4, -0.2) is 21.4 Å². The second-order valence-electron chi connectivity index (χ2n) is 6.24. The highest BCUT2D eigenvalue weighted by molar-refractivity contribution is 9.10. The van der Waals surface area contributed by atoms with E-state index in [1.54, 1.807) is 0 Å². The summed E-state index contributed by atoms with van der Waals surface area (Å²) < 4.78 is 8.46. The van der Waals surface area contributed by atoms with Crippen LogP contribution in [0.2, 0.25) is 0 Å². The number of hydrogen-bond donors (Lipinski definition) is 2. The summed E-state index contributed by atoms with van der Waals surface area (Å²) in [5.74, 6) is 1.85. The zero-order valence-electron chi connectivity index (χ0n) is 14.4. The Balaban J connectivity index is 1.69. The van der Waals surface area contributed by atoms with Crippen LogP contribution in [0.15, 0.2) is 53.0 Å². The Morgan fingerprint density at radius 2 is 2.04 bits per heavy atom. The number of nitrogen functional groups attached to an aromatic ring is 1. The van der Waals surface area contributed by atoms with Gasteiger partial charge in [-0.25, -0.2) is 4.68 Å². The van der Waals surface area contributed by atoms with E-state index in [0.717, 1.165) is 16.6 Å². The molecule has 0 bridgehead atoms. The minimum absolute atomic E-state index is 0.0603. The summed E-state index contributed by atoms with van der Waals surface area (Å²) in [6.45, 7) is 2.64. The van der Waals surface area contributed by atoms with Gasteiger partial charge >= 0.3 is 0 Å². The second-order valence-corrected chi connectivity index (χ2v) is 7.16. The van der Waals surface area contributed by atoms with Crippen molar-refractivity contribution in [2.45, 2.75) is 25.4 Å². The number of benzene rings is 2. The number of ether oxygens (including phenoxy) is 1. The Morgan fingerprint density at radius 1 is 1.23 bits per heavy atom. The summed E-state index contributed by atoms with van der Waals surface area (Å²) in [7, 11) is 0. The monoisotopic (exact) mass is 413 g/mol. The first kappa shape index (κ1) is 16.9. The molecule has 1 aliphatic rings. The molecule has 134 valence electrons. The van der Waals surface area contributed by atoms with Crippen LogP contribution in [0.25, 0.3) is 0 Å². The fourth-order valence-electron chi connectivity index (χ4n) is 3.37. The highest BCUT2D eigenvalue weighted by Gasteiger charge is 2.30. The normalized spacial score (nSPS) is 18.8. The van der Waals surface area contributed by atoms with Crippen molar-refractivity contribution in [3.63, 3.8) is 0 Å². The number of anilines is 2. The maximum Gasteiger partial charge on any atom is 0.241 e. The zero-order valence-corrected chi connectivity index (χ0v) is 16.0. The molecule has 6 nitrogen and oxygen atoms in total. The maximum absolute atomic E-state index is 5.86. The summed E-state index contributed by atoms with van der Waals surface area (Å²) in [5.41, 5.74) is 8.21. The van der Waals surface area contributed by atoms with Crippen LogP contribution in [0.3, 0.4) is 0 Å². The molecule has 7 heteroatoms. The van der Waals surface area contributed by atoms with Gasteiger partial charge in [0.25, 0.3) is 0 Å². The zero-order chi connectivity index (χ0) is 18.1. The molecule has 3 N–H and O–H groups in total. The molecule has 0 saturated heterocycles. The van der Waals surface area contributed by atoms with Gasteiger partial charge in [0.05, 0.1) is 18.7 Å². The number of fused-ring (bicyclic) bond motifs is 1. The lowest BCUT2D eigenvalue weighted by molar-refractivity contribution is 0.340. The van der Waals surface area contributed by atoms with E-state index in [1.165, 1.54) is 11.1 Å². The average molecular weight is 414 g/mol. The molecule has 2 aromatic carbocycles. The van der Waals surface area contributed by atoms with Crippen molar-refractivity contribution in [3.05, 3.63) is 64.1 Å². The number of aromatic nitrogens is 3. The molecule has 1 aromatic heterocycles. The lowest BCUT2D eigenvalue weighted by atomic mass is 9.93. The number of rotatable bonds is 4. The number of nitrogens with one attached hydrogen (secondary N) is 1. The molecule has 0 aliphatic carbocycles. The first-order chi connectivity index (χ1) is 12.6. The highest BCUT2D eigenvalue weighted by Crippen LogP contribution is 2.38. The summed E-state index contributed by atoms with van der Waals surface area (Å²) in [6, 6.07) is 16.6. The van der Waals surface area contributed by atoms with Gasteiger partial charge in [-0.2, -0.15) is 4.98 Å². The molecular weight excluding hydrogens is 394 g/mol. The average Bonchev–Trinajstić information content (AvgIpc) is 3.02. The molecule has 3 aromatic rings. The fraction of sp³-hybridized carbons (Fsp3) is 0.263.